The molecule has 1 aliphatic heterocycles. The second kappa shape index (κ2) is 9.26. The number of thiazole rings is 1. The monoisotopic (exact) mass is 423 g/mol. The highest BCUT2D eigenvalue weighted by molar-refractivity contribution is 7.18. The molecule has 7 heteroatoms. The highest BCUT2D eigenvalue weighted by atomic mass is 32.1. The zero-order chi connectivity index (χ0) is 20.9. The Bertz CT molecular complexity index is 1020. The zero-order valence-electron chi connectivity index (χ0n) is 17.0. The number of carbonyl (C=O) groups excluding carboxylic acids is 2. The number of ether oxygens (including phenoxy) is 1. The first-order chi connectivity index (χ1) is 14.7. The number of nitrogens with one attached hydrogen (secondary N) is 1. The van der Waals surface area contributed by atoms with E-state index in [1.54, 1.807) is 29.5 Å². The lowest BCUT2D eigenvalue weighted by Crippen LogP contribution is -2.40. The molecule has 2 heterocycles. The molecule has 1 N–H and O–H groups in total. The third-order valence-electron chi connectivity index (χ3n) is 5.39. The summed E-state index contributed by atoms with van der Waals surface area (Å²) in [7, 11) is 1.54. The van der Waals surface area contributed by atoms with Gasteiger partial charge in [0.2, 0.25) is 5.91 Å². The Labute approximate surface area is 179 Å². The molecular formula is C23H25N3O3S. The number of rotatable bonds is 6. The van der Waals surface area contributed by atoms with Crippen molar-refractivity contribution in [2.75, 3.05) is 20.2 Å². The van der Waals surface area contributed by atoms with Crippen LogP contribution in [0, 0.1) is 0 Å². The standard InChI is InChI=1S/C23H25N3O3S/c1-29-19-11-4-2-8-16(19)22(28)24-14-13-21(27)26-15-7-6-10-18(26)23-25-17-9-3-5-12-20(17)30-23/h2-5,8-9,11-12,18H,6-7,10,13-15H2,1H3,(H,24,28). The molecule has 0 aliphatic carbocycles. The minimum absolute atomic E-state index is 0.0218. The van der Waals surface area contributed by atoms with Crippen molar-refractivity contribution in [3.63, 3.8) is 0 Å². The van der Waals surface area contributed by atoms with Crippen molar-refractivity contribution in [2.45, 2.75) is 31.7 Å². The number of piperidine rings is 1. The van der Waals surface area contributed by atoms with E-state index in [4.69, 9.17) is 9.72 Å². The number of amides is 2. The molecule has 6 nitrogen and oxygen atoms in total. The Hall–Kier alpha value is -2.93. The molecule has 1 fully saturated rings. The van der Waals surface area contributed by atoms with E-state index in [0.717, 1.165) is 41.0 Å². The third-order valence-corrected chi connectivity index (χ3v) is 6.53. The first-order valence-corrected chi connectivity index (χ1v) is 11.0. The average Bonchev–Trinajstić information content (AvgIpc) is 3.23. The summed E-state index contributed by atoms with van der Waals surface area (Å²) in [6.07, 6.45) is 3.29. The van der Waals surface area contributed by atoms with E-state index in [-0.39, 0.29) is 24.3 Å². The summed E-state index contributed by atoms with van der Waals surface area (Å²) in [5, 5.41) is 3.84. The van der Waals surface area contributed by atoms with E-state index >= 15 is 0 Å². The Morgan fingerprint density at radius 1 is 1.17 bits per heavy atom. The van der Waals surface area contributed by atoms with Crippen LogP contribution in [0.25, 0.3) is 10.2 Å². The smallest absolute Gasteiger partial charge is 0.255 e. The van der Waals surface area contributed by atoms with Gasteiger partial charge in [-0.2, -0.15) is 0 Å². The summed E-state index contributed by atoms with van der Waals surface area (Å²) in [4.78, 5) is 32.1. The van der Waals surface area contributed by atoms with Crippen molar-refractivity contribution in [1.29, 1.82) is 0 Å². The number of benzene rings is 2. The lowest BCUT2D eigenvalue weighted by atomic mass is 10.0. The maximum absolute atomic E-state index is 13.0. The summed E-state index contributed by atoms with van der Waals surface area (Å²) in [6, 6.07) is 15.2. The molecule has 1 aromatic heterocycles. The molecule has 2 aromatic carbocycles. The van der Waals surface area contributed by atoms with Crippen LogP contribution in [0.2, 0.25) is 0 Å². The lowest BCUT2D eigenvalue weighted by Gasteiger charge is -2.34. The number of nitrogens with zero attached hydrogens (tertiary/aromatic N) is 2. The van der Waals surface area contributed by atoms with E-state index in [2.05, 4.69) is 11.4 Å². The summed E-state index contributed by atoms with van der Waals surface area (Å²) >= 11 is 1.67. The summed E-state index contributed by atoms with van der Waals surface area (Å²) in [6.45, 7) is 1.03. The highest BCUT2D eigenvalue weighted by Crippen LogP contribution is 2.35. The molecule has 0 spiro atoms. The van der Waals surface area contributed by atoms with E-state index in [1.165, 1.54) is 7.11 Å². The van der Waals surface area contributed by atoms with Gasteiger partial charge in [-0.25, -0.2) is 4.98 Å². The van der Waals surface area contributed by atoms with Crippen LogP contribution < -0.4 is 10.1 Å². The quantitative estimate of drug-likeness (QED) is 0.646. The molecule has 1 aliphatic rings. The van der Waals surface area contributed by atoms with Crippen molar-refractivity contribution in [2.24, 2.45) is 0 Å². The predicted octanol–water partition coefficient (Wildman–Crippen LogP) is 4.18. The molecule has 2 amide bonds. The number of likely N-dealkylation sites (tertiary alicyclic amines) is 1. The second-order valence-corrected chi connectivity index (χ2v) is 8.39. The molecule has 0 radical (unpaired) electrons. The maximum atomic E-state index is 13.0. The van der Waals surface area contributed by atoms with Gasteiger partial charge in [-0.05, 0) is 43.5 Å². The molecule has 0 bridgehead atoms. The predicted molar refractivity (Wildman–Crippen MR) is 118 cm³/mol. The van der Waals surface area contributed by atoms with Crippen molar-refractivity contribution >= 4 is 33.4 Å². The fourth-order valence-electron chi connectivity index (χ4n) is 3.87. The van der Waals surface area contributed by atoms with Crippen molar-refractivity contribution in [3.8, 4) is 5.75 Å². The molecular weight excluding hydrogens is 398 g/mol. The average molecular weight is 424 g/mol. The maximum Gasteiger partial charge on any atom is 0.255 e. The fraction of sp³-hybridized carbons (Fsp3) is 0.348. The highest BCUT2D eigenvalue weighted by Gasteiger charge is 2.30. The van der Waals surface area contributed by atoms with E-state index in [0.29, 0.717) is 17.9 Å². The van der Waals surface area contributed by atoms with Gasteiger partial charge in [-0.15, -0.1) is 11.3 Å². The fourth-order valence-corrected chi connectivity index (χ4v) is 4.99. The van der Waals surface area contributed by atoms with E-state index in [9.17, 15) is 9.59 Å². The van der Waals surface area contributed by atoms with Crippen molar-refractivity contribution in [1.82, 2.24) is 15.2 Å². The number of methoxy groups -OCH3 is 1. The van der Waals surface area contributed by atoms with Crippen LogP contribution in [-0.4, -0.2) is 41.9 Å². The molecule has 156 valence electrons. The number of aromatic nitrogens is 1. The van der Waals surface area contributed by atoms with Crippen LogP contribution in [0.1, 0.15) is 47.1 Å². The van der Waals surface area contributed by atoms with Gasteiger partial charge in [0.1, 0.15) is 10.8 Å². The Kier molecular flexibility index (Phi) is 6.28. The van der Waals surface area contributed by atoms with Gasteiger partial charge in [-0.3, -0.25) is 9.59 Å². The number of hydrogen-bond acceptors (Lipinski definition) is 5. The van der Waals surface area contributed by atoms with Gasteiger partial charge in [0, 0.05) is 19.5 Å². The van der Waals surface area contributed by atoms with Gasteiger partial charge in [-0.1, -0.05) is 24.3 Å². The first kappa shape index (κ1) is 20.3. The van der Waals surface area contributed by atoms with Gasteiger partial charge < -0.3 is 15.0 Å². The minimum atomic E-state index is -0.235. The SMILES string of the molecule is COc1ccccc1C(=O)NCCC(=O)N1CCCCC1c1nc2ccccc2s1. The zero-order valence-corrected chi connectivity index (χ0v) is 17.8. The molecule has 0 saturated carbocycles. The Morgan fingerprint density at radius 3 is 2.80 bits per heavy atom. The normalized spacial score (nSPS) is 16.4. The number of hydrogen-bond donors (Lipinski definition) is 1. The van der Waals surface area contributed by atoms with Gasteiger partial charge in [0.05, 0.1) is 28.9 Å². The van der Waals surface area contributed by atoms with Crippen LogP contribution in [0.15, 0.2) is 48.5 Å². The van der Waals surface area contributed by atoms with Gasteiger partial charge >= 0.3 is 0 Å². The number of fused-ring (bicyclic) bond motifs is 1. The summed E-state index contributed by atoms with van der Waals surface area (Å²) in [5.74, 6) is 0.342. The van der Waals surface area contributed by atoms with E-state index in [1.807, 2.05) is 29.2 Å². The molecule has 1 saturated heterocycles. The molecule has 3 aromatic rings. The van der Waals surface area contributed by atoms with Gasteiger partial charge in [0.25, 0.3) is 5.91 Å². The first-order valence-electron chi connectivity index (χ1n) is 10.2. The summed E-state index contributed by atoms with van der Waals surface area (Å²) < 4.78 is 6.38. The summed E-state index contributed by atoms with van der Waals surface area (Å²) in [5.41, 5.74) is 1.46. The van der Waals surface area contributed by atoms with Crippen LogP contribution in [0.5, 0.6) is 5.75 Å². The van der Waals surface area contributed by atoms with Crippen LogP contribution in [0.4, 0.5) is 0 Å². The molecule has 4 rings (SSSR count). The largest absolute Gasteiger partial charge is 0.496 e. The molecule has 30 heavy (non-hydrogen) atoms. The third kappa shape index (κ3) is 4.31. The van der Waals surface area contributed by atoms with Crippen LogP contribution >= 0.6 is 11.3 Å². The van der Waals surface area contributed by atoms with E-state index < -0.39 is 0 Å². The molecule has 1 atom stereocenters. The topological polar surface area (TPSA) is 71.5 Å². The Morgan fingerprint density at radius 2 is 1.97 bits per heavy atom. The number of carbonyl (C=O) groups is 2. The van der Waals surface area contributed by atoms with Crippen LogP contribution in [0.3, 0.4) is 0 Å². The second-order valence-electron chi connectivity index (χ2n) is 7.32. The number of para-hydroxylation sites is 2. The van der Waals surface area contributed by atoms with Crippen LogP contribution in [-0.2, 0) is 4.79 Å². The Balaban J connectivity index is 1.39. The lowest BCUT2D eigenvalue weighted by molar-refractivity contribution is -0.134. The minimum Gasteiger partial charge on any atom is -0.496 e. The van der Waals surface area contributed by atoms with Crippen molar-refractivity contribution < 1.29 is 14.3 Å². The van der Waals surface area contributed by atoms with Gasteiger partial charge in [0.15, 0.2) is 0 Å². The molecule has 1 unspecified atom stereocenters. The van der Waals surface area contributed by atoms with Crippen molar-refractivity contribution in [3.05, 3.63) is 59.1 Å².